The Labute approximate surface area is 202 Å². The van der Waals surface area contributed by atoms with E-state index in [0.29, 0.717) is 10.0 Å². The van der Waals surface area contributed by atoms with Gasteiger partial charge < -0.3 is 24.7 Å². The van der Waals surface area contributed by atoms with Crippen molar-refractivity contribution in [3.05, 3.63) is 45.1 Å². The lowest BCUT2D eigenvalue weighted by molar-refractivity contribution is 0.129. The number of benzene rings is 1. The Kier molecular flexibility index (Phi) is 8.25. The van der Waals surface area contributed by atoms with Gasteiger partial charge in [0.2, 0.25) is 0 Å². The third kappa shape index (κ3) is 5.85. The molecule has 1 aliphatic rings. The van der Waals surface area contributed by atoms with Crippen molar-refractivity contribution in [2.24, 2.45) is 0 Å². The van der Waals surface area contributed by atoms with Crippen molar-refractivity contribution >= 4 is 47.2 Å². The fourth-order valence-corrected chi connectivity index (χ4v) is 4.83. The summed E-state index contributed by atoms with van der Waals surface area (Å²) >= 11 is 14.2. The molecule has 0 radical (unpaired) electrons. The lowest BCUT2D eigenvalue weighted by atomic mass is 10.0. The number of hydrogen-bond acceptors (Lipinski definition) is 5. The number of alkyl carbamates (subject to hydrolysis) is 2. The van der Waals surface area contributed by atoms with Crippen LogP contribution in [0.25, 0.3) is 11.3 Å². The summed E-state index contributed by atoms with van der Waals surface area (Å²) in [6, 6.07) is 5.34. The van der Waals surface area contributed by atoms with Crippen LogP contribution in [-0.2, 0) is 34.3 Å². The topological polar surface area (TPSA) is 81.6 Å². The molecule has 2 amide bonds. The van der Waals surface area contributed by atoms with Crippen molar-refractivity contribution in [1.29, 1.82) is 0 Å². The van der Waals surface area contributed by atoms with E-state index < -0.39 is 12.2 Å². The standard InChI is InChI=1S/C22H27Cl2N3O4S/c1-12(2)25-21(28)30-8-15-16(9-31-22(29)26-13(3)4)20(27-11-32-10-19(15)27)14-5-6-17(23)18(24)7-14/h5-7,12-13H,8-11H2,1-4H3,(H,25,28)(H,26,29). The van der Waals surface area contributed by atoms with Crippen LogP contribution in [0.4, 0.5) is 9.59 Å². The van der Waals surface area contributed by atoms with E-state index in [4.69, 9.17) is 32.7 Å². The van der Waals surface area contributed by atoms with Crippen LogP contribution in [0.5, 0.6) is 0 Å². The predicted molar refractivity (Wildman–Crippen MR) is 128 cm³/mol. The minimum Gasteiger partial charge on any atom is -0.445 e. The summed E-state index contributed by atoms with van der Waals surface area (Å²) in [4.78, 5) is 24.3. The van der Waals surface area contributed by atoms with Crippen molar-refractivity contribution in [1.82, 2.24) is 15.2 Å². The Hall–Kier alpha value is -2.03. The average molecular weight is 500 g/mol. The molecule has 0 bridgehead atoms. The number of rotatable bonds is 7. The smallest absolute Gasteiger partial charge is 0.407 e. The Morgan fingerprint density at radius 3 is 2.16 bits per heavy atom. The quantitative estimate of drug-likeness (QED) is 0.492. The predicted octanol–water partition coefficient (Wildman–Crippen LogP) is 5.94. The fraction of sp³-hybridized carbons (Fsp3) is 0.455. The third-order valence-electron chi connectivity index (χ3n) is 4.75. The summed E-state index contributed by atoms with van der Waals surface area (Å²) in [6.45, 7) is 7.55. The van der Waals surface area contributed by atoms with Gasteiger partial charge in [0.25, 0.3) is 0 Å². The lowest BCUT2D eigenvalue weighted by Gasteiger charge is -2.14. The number of aromatic nitrogens is 1. The molecule has 0 saturated heterocycles. The molecule has 2 N–H and O–H groups in total. The van der Waals surface area contributed by atoms with Crippen LogP contribution < -0.4 is 10.6 Å². The molecule has 1 aliphatic heterocycles. The van der Waals surface area contributed by atoms with Gasteiger partial charge in [0.1, 0.15) is 13.2 Å². The summed E-state index contributed by atoms with van der Waals surface area (Å²) in [5.74, 6) is 1.49. The van der Waals surface area contributed by atoms with Crippen LogP contribution in [0.15, 0.2) is 18.2 Å². The van der Waals surface area contributed by atoms with E-state index in [1.807, 2.05) is 33.8 Å². The zero-order valence-electron chi connectivity index (χ0n) is 18.5. The summed E-state index contributed by atoms with van der Waals surface area (Å²) < 4.78 is 13.2. The van der Waals surface area contributed by atoms with Gasteiger partial charge in [-0.25, -0.2) is 9.59 Å². The highest BCUT2D eigenvalue weighted by molar-refractivity contribution is 7.97. The van der Waals surface area contributed by atoms with Gasteiger partial charge in [-0.15, -0.1) is 11.8 Å². The summed E-state index contributed by atoms with van der Waals surface area (Å²) in [6.07, 6.45) is -1.00. The SMILES string of the molecule is CC(C)NC(=O)OCc1c(COC(=O)NC(C)C)c(-c2ccc(Cl)c(Cl)c2)n2c1CSC2. The number of fused-ring (bicyclic) bond motifs is 1. The zero-order valence-corrected chi connectivity index (χ0v) is 20.8. The number of hydrogen-bond donors (Lipinski definition) is 2. The molecule has 0 atom stereocenters. The number of carbonyl (C=O) groups excluding carboxylic acids is 2. The van der Waals surface area contributed by atoms with Crippen LogP contribution in [-0.4, -0.2) is 28.8 Å². The van der Waals surface area contributed by atoms with E-state index in [-0.39, 0.29) is 25.3 Å². The number of nitrogens with zero attached hydrogens (tertiary/aromatic N) is 1. The summed E-state index contributed by atoms with van der Waals surface area (Å²) in [7, 11) is 0. The van der Waals surface area contributed by atoms with Crippen molar-refractivity contribution in [2.45, 2.75) is 64.6 Å². The van der Waals surface area contributed by atoms with Gasteiger partial charge in [-0.1, -0.05) is 29.3 Å². The second-order valence-electron chi connectivity index (χ2n) is 8.04. The first-order valence-electron chi connectivity index (χ1n) is 10.3. The van der Waals surface area contributed by atoms with E-state index in [2.05, 4.69) is 15.2 Å². The first-order chi connectivity index (χ1) is 15.2. The second kappa shape index (κ2) is 10.7. The Bertz CT molecular complexity index is 1010. The van der Waals surface area contributed by atoms with E-state index in [0.717, 1.165) is 39.7 Å². The molecular weight excluding hydrogens is 473 g/mol. The van der Waals surface area contributed by atoms with E-state index in [1.54, 1.807) is 23.9 Å². The first-order valence-corrected chi connectivity index (χ1v) is 12.2. The van der Waals surface area contributed by atoms with E-state index >= 15 is 0 Å². The van der Waals surface area contributed by atoms with Gasteiger partial charge in [0.05, 0.1) is 21.6 Å². The van der Waals surface area contributed by atoms with Gasteiger partial charge >= 0.3 is 12.2 Å². The molecular formula is C22H27Cl2N3O4S. The van der Waals surface area contributed by atoms with Gasteiger partial charge in [-0.2, -0.15) is 0 Å². The van der Waals surface area contributed by atoms with Crippen molar-refractivity contribution < 1.29 is 19.1 Å². The first kappa shape index (κ1) is 24.6. The number of nitrogens with one attached hydrogen (secondary N) is 2. The summed E-state index contributed by atoms with van der Waals surface area (Å²) in [5, 5.41) is 6.34. The van der Waals surface area contributed by atoms with Crippen LogP contribution >= 0.6 is 35.0 Å². The van der Waals surface area contributed by atoms with Gasteiger partial charge in [0.15, 0.2) is 0 Å². The molecule has 0 unspecified atom stereocenters. The monoisotopic (exact) mass is 499 g/mol. The molecule has 2 aromatic rings. The van der Waals surface area contributed by atoms with Crippen molar-refractivity contribution in [2.75, 3.05) is 0 Å². The lowest BCUT2D eigenvalue weighted by Crippen LogP contribution is -2.31. The molecule has 174 valence electrons. The van der Waals surface area contributed by atoms with E-state index in [9.17, 15) is 9.59 Å². The molecule has 7 nitrogen and oxygen atoms in total. The van der Waals surface area contributed by atoms with Crippen LogP contribution in [0.1, 0.15) is 44.5 Å². The number of amides is 2. The minimum absolute atomic E-state index is 0.0310. The summed E-state index contributed by atoms with van der Waals surface area (Å²) in [5.41, 5.74) is 4.39. The number of carbonyl (C=O) groups is 2. The molecule has 0 fully saturated rings. The van der Waals surface area contributed by atoms with Gasteiger partial charge in [-0.05, 0) is 39.8 Å². The van der Waals surface area contributed by atoms with E-state index in [1.165, 1.54) is 0 Å². The molecule has 3 rings (SSSR count). The minimum atomic E-state index is -0.509. The maximum absolute atomic E-state index is 12.2. The highest BCUT2D eigenvalue weighted by atomic mass is 35.5. The molecule has 1 aromatic carbocycles. The van der Waals surface area contributed by atoms with Crippen LogP contribution in [0.2, 0.25) is 10.0 Å². The third-order valence-corrected chi connectivity index (χ3v) is 6.41. The molecule has 2 heterocycles. The number of halogens is 2. The molecule has 0 saturated carbocycles. The molecule has 32 heavy (non-hydrogen) atoms. The Morgan fingerprint density at radius 1 is 1.00 bits per heavy atom. The maximum Gasteiger partial charge on any atom is 0.407 e. The Morgan fingerprint density at radius 2 is 1.59 bits per heavy atom. The molecule has 0 spiro atoms. The van der Waals surface area contributed by atoms with Gasteiger partial charge in [0, 0.05) is 40.2 Å². The molecule has 10 heteroatoms. The van der Waals surface area contributed by atoms with Crippen LogP contribution in [0.3, 0.4) is 0 Å². The highest BCUT2D eigenvalue weighted by Gasteiger charge is 2.28. The second-order valence-corrected chi connectivity index (χ2v) is 9.81. The maximum atomic E-state index is 12.2. The molecule has 0 aliphatic carbocycles. The number of ether oxygens (including phenoxy) is 2. The van der Waals surface area contributed by atoms with Gasteiger partial charge in [-0.3, -0.25) is 0 Å². The zero-order chi connectivity index (χ0) is 23.4. The van der Waals surface area contributed by atoms with Crippen molar-refractivity contribution in [3.8, 4) is 11.3 Å². The average Bonchev–Trinajstić information content (AvgIpc) is 3.26. The highest BCUT2D eigenvalue weighted by Crippen LogP contribution is 2.41. The molecule has 1 aromatic heterocycles. The normalized spacial score (nSPS) is 12.8. The fourth-order valence-electron chi connectivity index (χ4n) is 3.45. The number of thioether (sulfide) groups is 1. The Balaban J connectivity index is 1.99. The largest absolute Gasteiger partial charge is 0.445 e. The van der Waals surface area contributed by atoms with Crippen molar-refractivity contribution in [3.63, 3.8) is 0 Å². The van der Waals surface area contributed by atoms with Crippen LogP contribution in [0, 0.1) is 0 Å².